The maximum absolute atomic E-state index is 2.38. The van der Waals surface area contributed by atoms with Gasteiger partial charge in [0.15, 0.2) is 0 Å². The number of hydrogen-bond acceptors (Lipinski definition) is 0. The Balaban J connectivity index is 2.17. The molecule has 0 atom stereocenters. The molecule has 1 saturated heterocycles. The summed E-state index contributed by atoms with van der Waals surface area (Å²) >= 11 is 0. The third-order valence-corrected chi connectivity index (χ3v) is 10.1. The lowest BCUT2D eigenvalue weighted by Gasteiger charge is -2.42. The summed E-state index contributed by atoms with van der Waals surface area (Å²) in [5.41, 5.74) is 2.99. The molecule has 1 fully saturated rings. The van der Waals surface area contributed by atoms with Gasteiger partial charge < -0.3 is 0 Å². The Labute approximate surface area is 111 Å². The Bertz CT molecular complexity index is 520. The van der Waals surface area contributed by atoms with Crippen molar-refractivity contribution in [2.24, 2.45) is 0 Å². The van der Waals surface area contributed by atoms with Gasteiger partial charge in [0.25, 0.3) is 0 Å². The first-order valence-electron chi connectivity index (χ1n) is 6.86. The summed E-state index contributed by atoms with van der Waals surface area (Å²) in [7, 11) is -1.38. The zero-order valence-corrected chi connectivity index (χ0v) is 12.2. The van der Waals surface area contributed by atoms with Crippen molar-refractivity contribution in [2.45, 2.75) is 32.4 Å². The number of benzene rings is 2. The number of hydrogen-bond donors (Lipinski definition) is 0. The second kappa shape index (κ2) is 4.40. The zero-order valence-electron chi connectivity index (χ0n) is 11.2. The van der Waals surface area contributed by atoms with Crippen molar-refractivity contribution in [1.82, 2.24) is 0 Å². The molecule has 18 heavy (non-hydrogen) atoms. The minimum atomic E-state index is -1.38. The van der Waals surface area contributed by atoms with E-state index in [0.717, 1.165) is 0 Å². The Morgan fingerprint density at radius 1 is 0.722 bits per heavy atom. The zero-order chi connectivity index (χ0) is 12.6. The molecule has 0 aromatic heterocycles. The van der Waals surface area contributed by atoms with Crippen LogP contribution in [0.1, 0.15) is 17.5 Å². The maximum atomic E-state index is 2.38. The molecule has 0 bridgehead atoms. The van der Waals surface area contributed by atoms with Crippen LogP contribution in [-0.2, 0) is 0 Å². The predicted octanol–water partition coefficient (Wildman–Crippen LogP) is 3.27. The fourth-order valence-corrected chi connectivity index (χ4v) is 8.37. The van der Waals surface area contributed by atoms with Crippen molar-refractivity contribution >= 4 is 18.4 Å². The van der Waals surface area contributed by atoms with E-state index in [1.54, 1.807) is 10.4 Å². The van der Waals surface area contributed by atoms with Gasteiger partial charge in [-0.15, -0.1) is 0 Å². The highest BCUT2D eigenvalue weighted by molar-refractivity contribution is 7.04. The van der Waals surface area contributed by atoms with E-state index in [2.05, 4.69) is 62.4 Å². The quantitative estimate of drug-likeness (QED) is 0.720. The molecule has 0 N–H and O–H groups in total. The molecule has 92 valence electrons. The molecule has 1 heterocycles. The first-order valence-corrected chi connectivity index (χ1v) is 9.28. The SMILES string of the molecule is Cc1ccccc1[Si]1(c2ccccc2C)CCC1. The molecular weight excluding hydrogens is 232 g/mol. The molecule has 0 saturated carbocycles. The molecule has 1 aliphatic heterocycles. The minimum absolute atomic E-state index is 1.38. The van der Waals surface area contributed by atoms with Gasteiger partial charge in [-0.05, 0) is 25.9 Å². The van der Waals surface area contributed by atoms with Gasteiger partial charge >= 0.3 is 0 Å². The molecule has 0 unspecified atom stereocenters. The first-order chi connectivity index (χ1) is 8.74. The van der Waals surface area contributed by atoms with Gasteiger partial charge in [0, 0.05) is 0 Å². The third-order valence-electron chi connectivity index (χ3n) is 4.53. The highest BCUT2D eigenvalue weighted by atomic mass is 28.3. The summed E-state index contributed by atoms with van der Waals surface area (Å²) in [6, 6.07) is 20.9. The van der Waals surface area contributed by atoms with E-state index >= 15 is 0 Å². The van der Waals surface area contributed by atoms with Crippen LogP contribution in [0.2, 0.25) is 12.1 Å². The van der Waals surface area contributed by atoms with E-state index in [1.165, 1.54) is 29.6 Å². The largest absolute Gasteiger partial charge is 0.118 e. The predicted molar refractivity (Wildman–Crippen MR) is 81.6 cm³/mol. The Hall–Kier alpha value is -1.34. The van der Waals surface area contributed by atoms with Crippen molar-refractivity contribution in [3.8, 4) is 0 Å². The van der Waals surface area contributed by atoms with Crippen molar-refractivity contribution in [3.05, 3.63) is 59.7 Å². The fraction of sp³-hybridized carbons (Fsp3) is 0.294. The number of rotatable bonds is 2. The average Bonchev–Trinajstić information content (AvgIpc) is 2.32. The Kier molecular flexibility index (Phi) is 2.87. The van der Waals surface area contributed by atoms with Crippen molar-refractivity contribution in [2.75, 3.05) is 0 Å². The monoisotopic (exact) mass is 252 g/mol. The molecule has 0 nitrogen and oxygen atoms in total. The van der Waals surface area contributed by atoms with E-state index in [9.17, 15) is 0 Å². The van der Waals surface area contributed by atoms with Crippen molar-refractivity contribution < 1.29 is 0 Å². The molecule has 2 aromatic carbocycles. The second-order valence-electron chi connectivity index (χ2n) is 5.57. The lowest BCUT2D eigenvalue weighted by Crippen LogP contribution is -2.64. The molecule has 0 aliphatic carbocycles. The van der Waals surface area contributed by atoms with Gasteiger partial charge in [0.1, 0.15) is 8.07 Å². The Morgan fingerprint density at radius 2 is 1.17 bits per heavy atom. The van der Waals surface area contributed by atoms with Gasteiger partial charge in [-0.2, -0.15) is 0 Å². The van der Waals surface area contributed by atoms with Crippen LogP contribution in [0.5, 0.6) is 0 Å². The second-order valence-corrected chi connectivity index (χ2v) is 9.81. The van der Waals surface area contributed by atoms with E-state index in [4.69, 9.17) is 0 Å². The molecule has 1 aliphatic rings. The molecule has 1 heteroatoms. The van der Waals surface area contributed by atoms with Crippen LogP contribution in [0.3, 0.4) is 0 Å². The normalized spacial score (nSPS) is 17.2. The summed E-state index contributed by atoms with van der Waals surface area (Å²) in [6.45, 7) is 4.56. The van der Waals surface area contributed by atoms with Crippen molar-refractivity contribution in [1.29, 1.82) is 0 Å². The van der Waals surface area contributed by atoms with Gasteiger partial charge in [-0.3, -0.25) is 0 Å². The van der Waals surface area contributed by atoms with E-state index in [-0.39, 0.29) is 0 Å². The van der Waals surface area contributed by atoms with Crippen LogP contribution in [0.25, 0.3) is 0 Å². The fourth-order valence-electron chi connectivity index (χ4n) is 3.43. The highest BCUT2D eigenvalue weighted by Crippen LogP contribution is 2.33. The Morgan fingerprint density at radius 3 is 1.50 bits per heavy atom. The van der Waals surface area contributed by atoms with Gasteiger partial charge in [0.2, 0.25) is 0 Å². The van der Waals surface area contributed by atoms with Crippen LogP contribution < -0.4 is 10.4 Å². The lowest BCUT2D eigenvalue weighted by atomic mass is 10.2. The minimum Gasteiger partial charge on any atom is -0.0623 e. The van der Waals surface area contributed by atoms with Crippen LogP contribution >= 0.6 is 0 Å². The molecule has 2 aromatic rings. The van der Waals surface area contributed by atoms with Gasteiger partial charge in [0.05, 0.1) is 0 Å². The van der Waals surface area contributed by atoms with E-state index < -0.39 is 8.07 Å². The summed E-state index contributed by atoms with van der Waals surface area (Å²) in [5.74, 6) is 0. The highest BCUT2D eigenvalue weighted by Gasteiger charge is 2.44. The lowest BCUT2D eigenvalue weighted by molar-refractivity contribution is 0.925. The van der Waals surface area contributed by atoms with E-state index in [1.807, 2.05) is 0 Å². The van der Waals surface area contributed by atoms with E-state index in [0.29, 0.717) is 0 Å². The molecule has 0 amide bonds. The molecule has 0 radical (unpaired) electrons. The first kappa shape index (κ1) is 11.7. The summed E-state index contributed by atoms with van der Waals surface area (Å²) in [6.07, 6.45) is 1.41. The van der Waals surface area contributed by atoms with Crippen LogP contribution in [0.4, 0.5) is 0 Å². The molecule has 0 spiro atoms. The summed E-state index contributed by atoms with van der Waals surface area (Å²) in [5, 5.41) is 3.34. The van der Waals surface area contributed by atoms with Crippen molar-refractivity contribution in [3.63, 3.8) is 0 Å². The van der Waals surface area contributed by atoms with Gasteiger partial charge in [-0.25, -0.2) is 0 Å². The summed E-state index contributed by atoms with van der Waals surface area (Å²) in [4.78, 5) is 0. The average molecular weight is 252 g/mol. The van der Waals surface area contributed by atoms with Crippen LogP contribution in [-0.4, -0.2) is 8.07 Å². The topological polar surface area (TPSA) is 0 Å². The maximum Gasteiger partial charge on any atom is 0.118 e. The summed E-state index contributed by atoms with van der Waals surface area (Å²) < 4.78 is 0. The standard InChI is InChI=1S/C17H20Si/c1-14-8-3-5-10-16(14)18(12-7-13-18)17-11-6-4-9-15(17)2/h3-6,8-11H,7,12-13H2,1-2H3. The molecule has 3 rings (SSSR count). The number of aryl methyl sites for hydroxylation is 2. The van der Waals surface area contributed by atoms with Crippen LogP contribution in [0.15, 0.2) is 48.5 Å². The third kappa shape index (κ3) is 1.65. The van der Waals surface area contributed by atoms with Crippen LogP contribution in [0, 0.1) is 13.8 Å². The van der Waals surface area contributed by atoms with Gasteiger partial charge in [-0.1, -0.05) is 76.5 Å². The molecular formula is C17H20Si. The smallest absolute Gasteiger partial charge is 0.0623 e.